The molecule has 1 aliphatic rings. The van der Waals surface area contributed by atoms with Crippen molar-refractivity contribution in [2.24, 2.45) is 7.05 Å². The van der Waals surface area contributed by atoms with E-state index in [1.165, 1.54) is 0 Å². The van der Waals surface area contributed by atoms with Crippen LogP contribution in [0.25, 0.3) is 0 Å². The van der Waals surface area contributed by atoms with Gasteiger partial charge in [0.1, 0.15) is 12.0 Å². The number of carboxylic acids is 1. The van der Waals surface area contributed by atoms with E-state index in [2.05, 4.69) is 5.10 Å². The maximum absolute atomic E-state index is 10.7. The number of carbonyl (C=O) groups is 1. The van der Waals surface area contributed by atoms with Crippen molar-refractivity contribution >= 4 is 17.7 Å². The van der Waals surface area contributed by atoms with E-state index < -0.39 is 12.0 Å². The normalized spacial score (nSPS) is 25.7. The fraction of sp³-hybridized carbons (Fsp3) is 0.556. The summed E-state index contributed by atoms with van der Waals surface area (Å²) in [6.07, 6.45) is 1.95. The largest absolute Gasteiger partial charge is 0.544 e. The summed E-state index contributed by atoms with van der Waals surface area (Å²) in [4.78, 5) is 10.7. The van der Waals surface area contributed by atoms with Crippen LogP contribution >= 0.6 is 11.8 Å². The Bertz CT molecular complexity index is 391. The minimum Gasteiger partial charge on any atom is -0.544 e. The molecular weight excluding hydrogens is 214 g/mol. The topological polar surface area (TPSA) is 74.6 Å². The summed E-state index contributed by atoms with van der Waals surface area (Å²) < 4.78 is 1.76. The SMILES string of the molecule is Cc1nn(C)cc1[C@@H]1[NH2+][C@@H](C(=O)[O-])CS1. The first-order valence-electron chi connectivity index (χ1n) is 4.75. The number of rotatable bonds is 2. The Morgan fingerprint density at radius 3 is 3.00 bits per heavy atom. The van der Waals surface area contributed by atoms with Crippen LogP contribution in [0.3, 0.4) is 0 Å². The van der Waals surface area contributed by atoms with Crippen LogP contribution in [0.5, 0.6) is 0 Å². The Labute approximate surface area is 91.9 Å². The first-order chi connectivity index (χ1) is 7.08. The van der Waals surface area contributed by atoms with Crippen molar-refractivity contribution in [2.45, 2.75) is 18.3 Å². The molecule has 1 aliphatic heterocycles. The number of hydrogen-bond donors (Lipinski definition) is 1. The second-order valence-corrected chi connectivity index (χ2v) is 4.89. The summed E-state index contributed by atoms with van der Waals surface area (Å²) in [5.41, 5.74) is 2.07. The average Bonchev–Trinajstić information content (AvgIpc) is 2.71. The van der Waals surface area contributed by atoms with E-state index in [9.17, 15) is 9.90 Å². The number of aromatic nitrogens is 2. The van der Waals surface area contributed by atoms with Gasteiger partial charge in [0.05, 0.1) is 17.0 Å². The number of hydrogen-bond acceptors (Lipinski definition) is 4. The van der Waals surface area contributed by atoms with Gasteiger partial charge in [-0.15, -0.1) is 0 Å². The van der Waals surface area contributed by atoms with E-state index in [1.807, 2.05) is 25.5 Å². The van der Waals surface area contributed by atoms with Gasteiger partial charge in [-0.05, 0) is 6.92 Å². The number of aliphatic carboxylic acids is 1. The molecule has 0 unspecified atom stereocenters. The van der Waals surface area contributed by atoms with Crippen LogP contribution in [0.1, 0.15) is 16.6 Å². The fourth-order valence-corrected chi connectivity index (χ4v) is 3.14. The summed E-state index contributed by atoms with van der Waals surface area (Å²) in [7, 11) is 1.87. The third-order valence-electron chi connectivity index (χ3n) is 2.52. The van der Waals surface area contributed by atoms with Gasteiger partial charge in [-0.2, -0.15) is 5.10 Å². The third kappa shape index (κ3) is 2.00. The molecule has 0 amide bonds. The summed E-state index contributed by atoms with van der Waals surface area (Å²) in [6.45, 7) is 1.94. The van der Waals surface area contributed by atoms with Crippen LogP contribution in [0.4, 0.5) is 0 Å². The van der Waals surface area contributed by atoms with E-state index >= 15 is 0 Å². The first-order valence-corrected chi connectivity index (χ1v) is 5.80. The Kier molecular flexibility index (Phi) is 2.70. The monoisotopic (exact) mass is 227 g/mol. The predicted molar refractivity (Wildman–Crippen MR) is 53.9 cm³/mol. The van der Waals surface area contributed by atoms with Crippen molar-refractivity contribution in [3.8, 4) is 0 Å². The highest BCUT2D eigenvalue weighted by molar-refractivity contribution is 7.99. The van der Waals surface area contributed by atoms with Gasteiger partial charge in [0.25, 0.3) is 0 Å². The molecular formula is C9H13N3O2S. The van der Waals surface area contributed by atoms with Crippen LogP contribution in [0.2, 0.25) is 0 Å². The number of aryl methyl sites for hydroxylation is 2. The summed E-state index contributed by atoms with van der Waals surface area (Å²) >= 11 is 1.63. The molecule has 1 aromatic heterocycles. The third-order valence-corrected chi connectivity index (χ3v) is 3.84. The summed E-state index contributed by atoms with van der Waals surface area (Å²) in [5.74, 6) is -0.382. The Morgan fingerprint density at radius 2 is 2.53 bits per heavy atom. The van der Waals surface area contributed by atoms with Crippen LogP contribution in [0.15, 0.2) is 6.20 Å². The molecule has 5 nitrogen and oxygen atoms in total. The average molecular weight is 227 g/mol. The molecule has 0 aliphatic carbocycles. The van der Waals surface area contributed by atoms with Crippen molar-refractivity contribution in [1.82, 2.24) is 9.78 Å². The van der Waals surface area contributed by atoms with E-state index in [0.29, 0.717) is 5.75 Å². The molecule has 15 heavy (non-hydrogen) atoms. The number of quaternary nitrogens is 1. The number of carboxylic acid groups (broad SMARTS) is 1. The molecule has 1 saturated heterocycles. The molecule has 82 valence electrons. The van der Waals surface area contributed by atoms with Gasteiger partial charge in [-0.25, -0.2) is 0 Å². The van der Waals surface area contributed by atoms with Crippen LogP contribution < -0.4 is 10.4 Å². The van der Waals surface area contributed by atoms with E-state index in [4.69, 9.17) is 0 Å². The lowest BCUT2D eigenvalue weighted by Gasteiger charge is -2.09. The maximum Gasteiger partial charge on any atom is 0.162 e. The van der Waals surface area contributed by atoms with E-state index in [0.717, 1.165) is 11.3 Å². The molecule has 0 spiro atoms. The zero-order chi connectivity index (χ0) is 11.0. The Hall–Kier alpha value is -1.01. The van der Waals surface area contributed by atoms with Crippen LogP contribution in [0, 0.1) is 6.92 Å². The molecule has 0 bridgehead atoms. The minimum absolute atomic E-state index is 0.140. The van der Waals surface area contributed by atoms with Crippen LogP contribution in [-0.4, -0.2) is 27.5 Å². The molecule has 1 aromatic rings. The van der Waals surface area contributed by atoms with Crippen molar-refractivity contribution in [3.63, 3.8) is 0 Å². The maximum atomic E-state index is 10.7. The van der Waals surface area contributed by atoms with Gasteiger partial charge in [0, 0.05) is 13.2 Å². The molecule has 2 rings (SSSR count). The number of nitrogens with zero attached hydrogens (tertiary/aromatic N) is 2. The van der Waals surface area contributed by atoms with Gasteiger partial charge in [-0.3, -0.25) is 4.68 Å². The number of carbonyl (C=O) groups excluding carboxylic acids is 1. The quantitative estimate of drug-likeness (QED) is 0.644. The highest BCUT2D eigenvalue weighted by Crippen LogP contribution is 2.28. The first kappa shape index (κ1) is 10.5. The van der Waals surface area contributed by atoms with Gasteiger partial charge in [0.15, 0.2) is 5.37 Å². The highest BCUT2D eigenvalue weighted by atomic mass is 32.2. The van der Waals surface area contributed by atoms with E-state index in [-0.39, 0.29) is 5.37 Å². The lowest BCUT2D eigenvalue weighted by Crippen LogP contribution is -2.90. The molecule has 0 saturated carbocycles. The zero-order valence-electron chi connectivity index (χ0n) is 8.64. The molecule has 0 radical (unpaired) electrons. The van der Waals surface area contributed by atoms with Crippen molar-refractivity contribution in [2.75, 3.05) is 5.75 Å². The van der Waals surface area contributed by atoms with Crippen molar-refractivity contribution in [3.05, 3.63) is 17.5 Å². The molecule has 2 atom stereocenters. The minimum atomic E-state index is -0.980. The summed E-state index contributed by atoms with van der Waals surface area (Å²) in [6, 6.07) is -0.431. The van der Waals surface area contributed by atoms with Gasteiger partial charge in [-0.1, -0.05) is 11.8 Å². The molecule has 2 heterocycles. The second kappa shape index (κ2) is 3.86. The molecule has 1 fully saturated rings. The number of nitrogens with two attached hydrogens (primary N) is 1. The number of thioether (sulfide) groups is 1. The Morgan fingerprint density at radius 1 is 1.80 bits per heavy atom. The lowest BCUT2D eigenvalue weighted by molar-refractivity contribution is -0.690. The predicted octanol–water partition coefficient (Wildman–Crippen LogP) is -1.84. The second-order valence-electron chi connectivity index (χ2n) is 3.72. The van der Waals surface area contributed by atoms with Crippen LogP contribution in [-0.2, 0) is 11.8 Å². The summed E-state index contributed by atoms with van der Waals surface area (Å²) in [5, 5.41) is 16.9. The molecule has 6 heteroatoms. The highest BCUT2D eigenvalue weighted by Gasteiger charge is 2.32. The van der Waals surface area contributed by atoms with Gasteiger partial charge in [0.2, 0.25) is 0 Å². The smallest absolute Gasteiger partial charge is 0.162 e. The van der Waals surface area contributed by atoms with Crippen molar-refractivity contribution in [1.29, 1.82) is 0 Å². The lowest BCUT2D eigenvalue weighted by atomic mass is 10.2. The Balaban J connectivity index is 2.14. The molecule has 0 aromatic carbocycles. The van der Waals surface area contributed by atoms with Gasteiger partial charge < -0.3 is 15.2 Å². The van der Waals surface area contributed by atoms with Gasteiger partial charge >= 0.3 is 0 Å². The van der Waals surface area contributed by atoms with E-state index in [1.54, 1.807) is 16.4 Å². The van der Waals surface area contributed by atoms with Crippen molar-refractivity contribution < 1.29 is 15.2 Å². The fourth-order valence-electron chi connectivity index (χ4n) is 1.77. The standard InChI is InChI=1S/C9H13N3O2S/c1-5-6(3-12(2)11-5)8-10-7(4-15-8)9(13)14/h3,7-8,10H,4H2,1-2H3,(H,13,14)/t7-,8-/m1/s1. The molecule has 2 N–H and O–H groups in total. The zero-order valence-corrected chi connectivity index (χ0v) is 9.45.